The van der Waals surface area contributed by atoms with Crippen molar-refractivity contribution in [2.24, 2.45) is 0 Å². The van der Waals surface area contributed by atoms with Crippen LogP contribution in [0.25, 0.3) is 0 Å². The van der Waals surface area contributed by atoms with Crippen LogP contribution in [0.4, 0.5) is 5.69 Å². The zero-order chi connectivity index (χ0) is 20.3. The molecule has 0 bridgehead atoms. The van der Waals surface area contributed by atoms with Crippen LogP contribution in [0, 0.1) is 0 Å². The Bertz CT molecular complexity index is 795. The number of carbonyl (C=O) groups excluding carboxylic acids is 1. The summed E-state index contributed by atoms with van der Waals surface area (Å²) in [5, 5.41) is 0. The number of benzene rings is 1. The fourth-order valence-corrected chi connectivity index (χ4v) is 5.22. The van der Waals surface area contributed by atoms with Gasteiger partial charge in [0.1, 0.15) is 0 Å². The molecule has 1 aliphatic carbocycles. The second-order valence-corrected chi connectivity index (χ2v) is 10.4. The van der Waals surface area contributed by atoms with Crippen molar-refractivity contribution >= 4 is 21.6 Å². The molecule has 2 aliphatic rings. The van der Waals surface area contributed by atoms with Gasteiger partial charge in [-0.3, -0.25) is 4.79 Å². The standard InChI is InChI=1S/C21H33N3O3S/c1-22(2)28(26,27)18-12-13-20(24-14-8-5-9-15-24)19(16-18)21(25)23(3)17-10-6-4-7-11-17/h12-13,16-17H,4-11,14-15H2,1-3H3. The van der Waals surface area contributed by atoms with Crippen LogP contribution in [0.3, 0.4) is 0 Å². The summed E-state index contributed by atoms with van der Waals surface area (Å²) < 4.78 is 26.5. The average Bonchev–Trinajstić information content (AvgIpc) is 2.73. The summed E-state index contributed by atoms with van der Waals surface area (Å²) in [7, 11) is 1.31. The number of amides is 1. The van der Waals surface area contributed by atoms with Gasteiger partial charge in [0.05, 0.1) is 10.5 Å². The number of anilines is 1. The van der Waals surface area contributed by atoms with Crippen LogP contribution in [0.5, 0.6) is 0 Å². The highest BCUT2D eigenvalue weighted by atomic mass is 32.2. The quantitative estimate of drug-likeness (QED) is 0.751. The molecule has 1 aliphatic heterocycles. The van der Waals surface area contributed by atoms with E-state index in [1.807, 2.05) is 18.0 Å². The van der Waals surface area contributed by atoms with Crippen molar-refractivity contribution in [2.75, 3.05) is 39.1 Å². The molecule has 1 aromatic rings. The van der Waals surface area contributed by atoms with Crippen LogP contribution in [-0.4, -0.2) is 63.8 Å². The SMILES string of the molecule is CN(C(=O)c1cc(S(=O)(=O)N(C)C)ccc1N1CCCCC1)C1CCCCC1. The molecule has 1 saturated carbocycles. The van der Waals surface area contributed by atoms with Crippen molar-refractivity contribution in [1.29, 1.82) is 0 Å². The van der Waals surface area contributed by atoms with Gasteiger partial charge in [0.25, 0.3) is 5.91 Å². The largest absolute Gasteiger partial charge is 0.371 e. The predicted molar refractivity (Wildman–Crippen MR) is 112 cm³/mol. The normalized spacial score (nSPS) is 19.1. The summed E-state index contributed by atoms with van der Waals surface area (Å²) in [4.78, 5) is 17.7. The van der Waals surface area contributed by atoms with Crippen LogP contribution in [0.2, 0.25) is 0 Å². The number of nitrogens with zero attached hydrogens (tertiary/aromatic N) is 3. The number of hydrogen-bond acceptors (Lipinski definition) is 4. The smallest absolute Gasteiger partial charge is 0.255 e. The Kier molecular flexibility index (Phi) is 6.65. The van der Waals surface area contributed by atoms with E-state index in [-0.39, 0.29) is 16.8 Å². The molecule has 0 radical (unpaired) electrons. The fraction of sp³-hybridized carbons (Fsp3) is 0.667. The Balaban J connectivity index is 1.99. The lowest BCUT2D eigenvalue weighted by Crippen LogP contribution is -2.40. The molecule has 1 aromatic carbocycles. The minimum absolute atomic E-state index is 0.0664. The van der Waals surface area contributed by atoms with E-state index in [9.17, 15) is 13.2 Å². The van der Waals surface area contributed by atoms with Gasteiger partial charge < -0.3 is 9.80 Å². The van der Waals surface area contributed by atoms with Crippen molar-refractivity contribution in [3.8, 4) is 0 Å². The molecule has 28 heavy (non-hydrogen) atoms. The molecule has 0 spiro atoms. The van der Waals surface area contributed by atoms with E-state index in [0.717, 1.165) is 57.3 Å². The third kappa shape index (κ3) is 4.35. The Hall–Kier alpha value is -1.60. The molecule has 1 heterocycles. The van der Waals surface area contributed by atoms with Crippen molar-refractivity contribution < 1.29 is 13.2 Å². The summed E-state index contributed by atoms with van der Waals surface area (Å²) in [5.41, 5.74) is 1.38. The van der Waals surface area contributed by atoms with E-state index >= 15 is 0 Å². The van der Waals surface area contributed by atoms with Crippen molar-refractivity contribution in [3.63, 3.8) is 0 Å². The minimum Gasteiger partial charge on any atom is -0.371 e. The molecule has 1 amide bonds. The number of sulfonamides is 1. The van der Waals surface area contributed by atoms with Gasteiger partial charge in [0.2, 0.25) is 10.0 Å². The molecular weight excluding hydrogens is 374 g/mol. The maximum absolute atomic E-state index is 13.4. The molecule has 2 fully saturated rings. The number of piperidine rings is 1. The zero-order valence-corrected chi connectivity index (χ0v) is 18.2. The van der Waals surface area contributed by atoms with E-state index in [0.29, 0.717) is 5.56 Å². The lowest BCUT2D eigenvalue weighted by atomic mass is 9.94. The number of rotatable bonds is 5. The Morgan fingerprint density at radius 2 is 1.57 bits per heavy atom. The number of hydrogen-bond donors (Lipinski definition) is 0. The molecular formula is C21H33N3O3S. The molecule has 7 heteroatoms. The van der Waals surface area contributed by atoms with E-state index in [4.69, 9.17) is 0 Å². The maximum Gasteiger partial charge on any atom is 0.255 e. The van der Waals surface area contributed by atoms with E-state index in [2.05, 4.69) is 4.90 Å². The van der Waals surface area contributed by atoms with Gasteiger partial charge in [-0.2, -0.15) is 0 Å². The van der Waals surface area contributed by atoms with Gasteiger partial charge in [-0.1, -0.05) is 19.3 Å². The van der Waals surface area contributed by atoms with Crippen LogP contribution >= 0.6 is 0 Å². The van der Waals surface area contributed by atoms with E-state index in [1.165, 1.54) is 31.2 Å². The second kappa shape index (κ2) is 8.82. The van der Waals surface area contributed by atoms with Gasteiger partial charge in [0, 0.05) is 46.0 Å². The maximum atomic E-state index is 13.4. The molecule has 6 nitrogen and oxygen atoms in total. The van der Waals surface area contributed by atoms with Crippen LogP contribution in [-0.2, 0) is 10.0 Å². The lowest BCUT2D eigenvalue weighted by Gasteiger charge is -2.34. The Morgan fingerprint density at radius 3 is 2.18 bits per heavy atom. The number of carbonyl (C=O) groups is 1. The first-order valence-corrected chi connectivity index (χ1v) is 11.8. The Morgan fingerprint density at radius 1 is 0.964 bits per heavy atom. The summed E-state index contributed by atoms with van der Waals surface area (Å²) in [6.45, 7) is 1.82. The summed E-state index contributed by atoms with van der Waals surface area (Å²) in [5.74, 6) is -0.0664. The third-order valence-electron chi connectivity index (χ3n) is 6.12. The van der Waals surface area contributed by atoms with Crippen LogP contribution < -0.4 is 4.90 Å². The van der Waals surface area contributed by atoms with Crippen molar-refractivity contribution in [3.05, 3.63) is 23.8 Å². The predicted octanol–water partition coefficient (Wildman–Crippen LogP) is 3.33. The van der Waals surface area contributed by atoms with Crippen LogP contribution in [0.1, 0.15) is 61.7 Å². The molecule has 0 N–H and O–H groups in total. The zero-order valence-electron chi connectivity index (χ0n) is 17.4. The monoisotopic (exact) mass is 407 g/mol. The van der Waals surface area contributed by atoms with Gasteiger partial charge in [-0.25, -0.2) is 12.7 Å². The summed E-state index contributed by atoms with van der Waals surface area (Å²) in [6.07, 6.45) is 8.98. The summed E-state index contributed by atoms with van der Waals surface area (Å²) in [6, 6.07) is 5.28. The van der Waals surface area contributed by atoms with Crippen LogP contribution in [0.15, 0.2) is 23.1 Å². The van der Waals surface area contributed by atoms with E-state index in [1.54, 1.807) is 12.1 Å². The van der Waals surface area contributed by atoms with Gasteiger partial charge in [-0.05, 0) is 50.3 Å². The molecule has 0 aromatic heterocycles. The molecule has 0 atom stereocenters. The topological polar surface area (TPSA) is 60.9 Å². The first-order valence-electron chi connectivity index (χ1n) is 10.4. The van der Waals surface area contributed by atoms with Gasteiger partial charge in [-0.15, -0.1) is 0 Å². The van der Waals surface area contributed by atoms with Gasteiger partial charge >= 0.3 is 0 Å². The highest BCUT2D eigenvalue weighted by molar-refractivity contribution is 7.89. The Labute approximate surface area is 169 Å². The molecule has 156 valence electrons. The van der Waals surface area contributed by atoms with Gasteiger partial charge in [0.15, 0.2) is 0 Å². The summed E-state index contributed by atoms with van der Waals surface area (Å²) >= 11 is 0. The molecule has 3 rings (SSSR count). The van der Waals surface area contributed by atoms with Crippen molar-refractivity contribution in [2.45, 2.75) is 62.3 Å². The minimum atomic E-state index is -3.59. The first kappa shape index (κ1) is 21.1. The van der Waals surface area contributed by atoms with Crippen molar-refractivity contribution in [1.82, 2.24) is 9.21 Å². The fourth-order valence-electron chi connectivity index (χ4n) is 4.29. The molecule has 0 unspecified atom stereocenters. The third-order valence-corrected chi connectivity index (χ3v) is 7.93. The van der Waals surface area contributed by atoms with E-state index < -0.39 is 10.0 Å². The highest BCUT2D eigenvalue weighted by Crippen LogP contribution is 2.30. The highest BCUT2D eigenvalue weighted by Gasteiger charge is 2.28. The average molecular weight is 408 g/mol. The first-order chi connectivity index (χ1) is 13.3. The second-order valence-electron chi connectivity index (χ2n) is 8.22. The molecule has 1 saturated heterocycles. The lowest BCUT2D eigenvalue weighted by molar-refractivity contribution is 0.0696.